The molecule has 2 N–H and O–H groups in total. The standard InChI is InChI=1S/C22H27N3O5S/c1-15-6-4-5-13-25(15)31(28,29)21-14-17(7-12-20(21)30-3)22(27)24-19-10-8-18(9-11-19)23-16(2)26/h7-12,14-15H,4-6,13H2,1-3H3,(H,23,26)(H,24,27)/t15-/m1/s1. The first kappa shape index (κ1) is 22.8. The highest BCUT2D eigenvalue weighted by Crippen LogP contribution is 2.32. The highest BCUT2D eigenvalue weighted by molar-refractivity contribution is 7.89. The number of ether oxygens (including phenoxy) is 1. The molecule has 0 unspecified atom stereocenters. The molecule has 2 amide bonds. The van der Waals surface area contributed by atoms with E-state index >= 15 is 0 Å². The number of carbonyl (C=O) groups is 2. The van der Waals surface area contributed by atoms with E-state index in [2.05, 4.69) is 10.6 Å². The zero-order valence-electron chi connectivity index (χ0n) is 17.8. The molecular formula is C22H27N3O5S. The molecule has 1 aliphatic heterocycles. The fourth-order valence-electron chi connectivity index (χ4n) is 3.62. The van der Waals surface area contributed by atoms with Crippen LogP contribution in [-0.4, -0.2) is 44.2 Å². The van der Waals surface area contributed by atoms with Crippen LogP contribution in [0, 0.1) is 0 Å². The van der Waals surface area contributed by atoms with E-state index in [1.807, 2.05) is 6.92 Å². The summed E-state index contributed by atoms with van der Waals surface area (Å²) in [7, 11) is -2.40. The number of methoxy groups -OCH3 is 1. The van der Waals surface area contributed by atoms with Crippen molar-refractivity contribution in [3.63, 3.8) is 0 Å². The number of amides is 2. The second-order valence-electron chi connectivity index (χ2n) is 7.54. The molecule has 31 heavy (non-hydrogen) atoms. The lowest BCUT2D eigenvalue weighted by Gasteiger charge is -2.32. The van der Waals surface area contributed by atoms with Gasteiger partial charge in [0, 0.05) is 36.4 Å². The van der Waals surface area contributed by atoms with E-state index in [-0.39, 0.29) is 28.2 Å². The molecule has 1 atom stereocenters. The van der Waals surface area contributed by atoms with Gasteiger partial charge in [-0.1, -0.05) is 6.42 Å². The van der Waals surface area contributed by atoms with E-state index in [0.29, 0.717) is 17.9 Å². The van der Waals surface area contributed by atoms with Gasteiger partial charge < -0.3 is 15.4 Å². The summed E-state index contributed by atoms with van der Waals surface area (Å²) >= 11 is 0. The zero-order valence-corrected chi connectivity index (χ0v) is 18.7. The molecule has 2 aromatic rings. The molecule has 1 saturated heterocycles. The third-order valence-electron chi connectivity index (χ3n) is 5.22. The summed E-state index contributed by atoms with van der Waals surface area (Å²) in [6.07, 6.45) is 2.60. The average Bonchev–Trinajstić information content (AvgIpc) is 2.74. The maximum absolute atomic E-state index is 13.3. The fourth-order valence-corrected chi connectivity index (χ4v) is 5.50. The Hall–Kier alpha value is -2.91. The Morgan fingerprint density at radius 3 is 2.26 bits per heavy atom. The molecule has 0 aromatic heterocycles. The Bertz CT molecular complexity index is 1070. The van der Waals surface area contributed by atoms with Gasteiger partial charge in [-0.05, 0) is 62.2 Å². The Kier molecular flexibility index (Phi) is 6.97. The first-order chi connectivity index (χ1) is 14.7. The Labute approximate surface area is 182 Å². The van der Waals surface area contributed by atoms with E-state index in [1.54, 1.807) is 24.3 Å². The average molecular weight is 446 g/mol. The van der Waals surface area contributed by atoms with Gasteiger partial charge in [-0.2, -0.15) is 4.31 Å². The molecule has 1 heterocycles. The second-order valence-corrected chi connectivity index (χ2v) is 9.40. The van der Waals surface area contributed by atoms with Gasteiger partial charge in [0.05, 0.1) is 7.11 Å². The lowest BCUT2D eigenvalue weighted by molar-refractivity contribution is -0.114. The summed E-state index contributed by atoms with van der Waals surface area (Å²) in [6.45, 7) is 3.75. The molecule has 9 heteroatoms. The number of hydrogen-bond acceptors (Lipinski definition) is 5. The first-order valence-electron chi connectivity index (χ1n) is 10.1. The van der Waals surface area contributed by atoms with Crippen LogP contribution in [0.4, 0.5) is 11.4 Å². The maximum atomic E-state index is 13.3. The van der Waals surface area contributed by atoms with E-state index in [4.69, 9.17) is 4.74 Å². The van der Waals surface area contributed by atoms with Crippen LogP contribution in [0.1, 0.15) is 43.5 Å². The third-order valence-corrected chi connectivity index (χ3v) is 7.25. The molecule has 8 nitrogen and oxygen atoms in total. The molecule has 2 aromatic carbocycles. The number of nitrogens with one attached hydrogen (secondary N) is 2. The van der Waals surface area contributed by atoms with Gasteiger partial charge in [0.1, 0.15) is 10.6 Å². The van der Waals surface area contributed by atoms with E-state index < -0.39 is 15.9 Å². The Morgan fingerprint density at radius 1 is 1.03 bits per heavy atom. The van der Waals surface area contributed by atoms with Gasteiger partial charge >= 0.3 is 0 Å². The molecule has 1 fully saturated rings. The van der Waals surface area contributed by atoms with Crippen molar-refractivity contribution in [3.8, 4) is 5.75 Å². The van der Waals surface area contributed by atoms with Crippen molar-refractivity contribution in [2.75, 3.05) is 24.3 Å². The van der Waals surface area contributed by atoms with Crippen molar-refractivity contribution in [3.05, 3.63) is 48.0 Å². The number of nitrogens with zero attached hydrogens (tertiary/aromatic N) is 1. The molecule has 3 rings (SSSR count). The minimum atomic E-state index is -3.81. The molecule has 0 bridgehead atoms. The summed E-state index contributed by atoms with van der Waals surface area (Å²) in [4.78, 5) is 23.9. The lowest BCUT2D eigenvalue weighted by atomic mass is 10.1. The number of sulfonamides is 1. The summed E-state index contributed by atoms with van der Waals surface area (Å²) in [5, 5.41) is 5.39. The molecule has 0 radical (unpaired) electrons. The number of piperidine rings is 1. The number of benzene rings is 2. The van der Waals surface area contributed by atoms with E-state index in [0.717, 1.165) is 19.3 Å². The smallest absolute Gasteiger partial charge is 0.255 e. The quantitative estimate of drug-likeness (QED) is 0.708. The number of anilines is 2. The predicted molar refractivity (Wildman–Crippen MR) is 119 cm³/mol. The number of carbonyl (C=O) groups excluding carboxylic acids is 2. The largest absolute Gasteiger partial charge is 0.495 e. The van der Waals surface area contributed by atoms with Crippen LogP contribution in [0.2, 0.25) is 0 Å². The van der Waals surface area contributed by atoms with Gasteiger partial charge in [0.25, 0.3) is 5.91 Å². The summed E-state index contributed by atoms with van der Waals surface area (Å²) in [5.41, 5.74) is 1.33. The normalized spacial score (nSPS) is 17.1. The van der Waals surface area contributed by atoms with Crippen LogP contribution < -0.4 is 15.4 Å². The monoisotopic (exact) mass is 445 g/mol. The molecule has 1 aliphatic rings. The fraction of sp³-hybridized carbons (Fsp3) is 0.364. The highest BCUT2D eigenvalue weighted by atomic mass is 32.2. The molecule has 0 aliphatic carbocycles. The van der Waals surface area contributed by atoms with E-state index in [9.17, 15) is 18.0 Å². The number of hydrogen-bond donors (Lipinski definition) is 2. The molecule has 166 valence electrons. The predicted octanol–water partition coefficient (Wildman–Crippen LogP) is 3.47. The van der Waals surface area contributed by atoms with Crippen LogP contribution in [0.25, 0.3) is 0 Å². The lowest BCUT2D eigenvalue weighted by Crippen LogP contribution is -2.42. The minimum absolute atomic E-state index is 0.0163. The number of rotatable bonds is 6. The van der Waals surface area contributed by atoms with Crippen LogP contribution in [0.15, 0.2) is 47.4 Å². The topological polar surface area (TPSA) is 105 Å². The summed E-state index contributed by atoms with van der Waals surface area (Å²) < 4.78 is 33.4. The third kappa shape index (κ3) is 5.23. The molecule has 0 saturated carbocycles. The van der Waals surface area contributed by atoms with Crippen molar-refractivity contribution in [2.24, 2.45) is 0 Å². The minimum Gasteiger partial charge on any atom is -0.495 e. The van der Waals surface area contributed by atoms with Crippen LogP contribution >= 0.6 is 0 Å². The van der Waals surface area contributed by atoms with Gasteiger partial charge in [0.15, 0.2) is 0 Å². The van der Waals surface area contributed by atoms with Crippen molar-refractivity contribution in [1.82, 2.24) is 4.31 Å². The zero-order chi connectivity index (χ0) is 22.6. The second kappa shape index (κ2) is 9.49. The van der Waals surface area contributed by atoms with Crippen molar-refractivity contribution >= 4 is 33.2 Å². The van der Waals surface area contributed by atoms with E-state index in [1.165, 1.54) is 36.5 Å². The van der Waals surface area contributed by atoms with Gasteiger partial charge in [0.2, 0.25) is 15.9 Å². The first-order valence-corrected chi connectivity index (χ1v) is 11.6. The summed E-state index contributed by atoms with van der Waals surface area (Å²) in [6, 6.07) is 10.9. The SMILES string of the molecule is COc1ccc(C(=O)Nc2ccc(NC(C)=O)cc2)cc1S(=O)(=O)N1CCCC[C@H]1C. The van der Waals surface area contributed by atoms with Crippen molar-refractivity contribution in [1.29, 1.82) is 0 Å². The van der Waals surface area contributed by atoms with Crippen LogP contribution in [-0.2, 0) is 14.8 Å². The summed E-state index contributed by atoms with van der Waals surface area (Å²) in [5.74, 6) is -0.432. The van der Waals surface area contributed by atoms with Gasteiger partial charge in [-0.15, -0.1) is 0 Å². The van der Waals surface area contributed by atoms with Gasteiger partial charge in [-0.25, -0.2) is 8.42 Å². The van der Waals surface area contributed by atoms with Crippen molar-refractivity contribution in [2.45, 2.75) is 44.0 Å². The van der Waals surface area contributed by atoms with Gasteiger partial charge in [-0.3, -0.25) is 9.59 Å². The highest BCUT2D eigenvalue weighted by Gasteiger charge is 2.33. The molecule has 0 spiro atoms. The molecular weight excluding hydrogens is 418 g/mol. The maximum Gasteiger partial charge on any atom is 0.255 e. The van der Waals surface area contributed by atoms with Crippen molar-refractivity contribution < 1.29 is 22.7 Å². The Morgan fingerprint density at radius 2 is 1.68 bits per heavy atom. The Balaban J connectivity index is 1.85. The van der Waals surface area contributed by atoms with Crippen LogP contribution in [0.5, 0.6) is 5.75 Å². The van der Waals surface area contributed by atoms with Crippen LogP contribution in [0.3, 0.4) is 0 Å².